The summed E-state index contributed by atoms with van der Waals surface area (Å²) in [5.41, 5.74) is 2.07. The maximum Gasteiger partial charge on any atom is 0.247 e. The molecular formula is C22H20N2O3S. The van der Waals surface area contributed by atoms with Crippen molar-refractivity contribution in [2.75, 3.05) is 19.8 Å². The second kappa shape index (κ2) is 7.28. The Balaban J connectivity index is 1.35. The fraction of sp³-hybridized carbons (Fsp3) is 0.273. The van der Waals surface area contributed by atoms with Crippen molar-refractivity contribution in [2.24, 2.45) is 0 Å². The van der Waals surface area contributed by atoms with Gasteiger partial charge in [0.1, 0.15) is 18.2 Å². The van der Waals surface area contributed by atoms with Crippen molar-refractivity contribution in [2.45, 2.75) is 18.9 Å². The largest absolute Gasteiger partial charge is 0.486 e. The van der Waals surface area contributed by atoms with E-state index in [1.165, 1.54) is 0 Å². The van der Waals surface area contributed by atoms with Gasteiger partial charge in [0.2, 0.25) is 5.91 Å². The Labute approximate surface area is 167 Å². The molecule has 28 heavy (non-hydrogen) atoms. The maximum atomic E-state index is 12.9. The molecule has 142 valence electrons. The monoisotopic (exact) mass is 392 g/mol. The second-order valence-electron chi connectivity index (χ2n) is 6.95. The molecule has 0 unspecified atom stereocenters. The van der Waals surface area contributed by atoms with Gasteiger partial charge in [0, 0.05) is 12.6 Å². The fourth-order valence-corrected chi connectivity index (χ4v) is 4.71. The van der Waals surface area contributed by atoms with E-state index < -0.39 is 0 Å². The fourth-order valence-electron chi connectivity index (χ4n) is 3.84. The number of fused-ring (bicyclic) bond motifs is 2. The van der Waals surface area contributed by atoms with Crippen molar-refractivity contribution in [1.82, 2.24) is 9.88 Å². The van der Waals surface area contributed by atoms with Crippen LogP contribution in [0.25, 0.3) is 16.3 Å². The van der Waals surface area contributed by atoms with E-state index in [1.54, 1.807) is 17.4 Å². The van der Waals surface area contributed by atoms with Gasteiger partial charge in [-0.1, -0.05) is 18.2 Å². The van der Waals surface area contributed by atoms with Gasteiger partial charge in [-0.05, 0) is 48.7 Å². The number of ether oxygens (including phenoxy) is 2. The summed E-state index contributed by atoms with van der Waals surface area (Å²) in [5.74, 6) is 1.58. The van der Waals surface area contributed by atoms with Crippen molar-refractivity contribution >= 4 is 33.5 Å². The molecule has 0 aliphatic carbocycles. The van der Waals surface area contributed by atoms with Crippen LogP contribution in [0.1, 0.15) is 29.5 Å². The van der Waals surface area contributed by atoms with E-state index >= 15 is 0 Å². The molecule has 1 aromatic heterocycles. The highest BCUT2D eigenvalue weighted by Gasteiger charge is 2.29. The lowest BCUT2D eigenvalue weighted by molar-refractivity contribution is -0.126. The summed E-state index contributed by atoms with van der Waals surface area (Å²) in [7, 11) is 0. The van der Waals surface area contributed by atoms with E-state index in [-0.39, 0.29) is 11.9 Å². The number of carbonyl (C=O) groups is 1. The van der Waals surface area contributed by atoms with Gasteiger partial charge < -0.3 is 14.4 Å². The maximum absolute atomic E-state index is 12.9. The van der Waals surface area contributed by atoms with E-state index in [4.69, 9.17) is 9.47 Å². The van der Waals surface area contributed by atoms with E-state index in [1.807, 2.05) is 53.4 Å². The highest BCUT2D eigenvalue weighted by molar-refractivity contribution is 7.19. The average molecular weight is 392 g/mol. The smallest absolute Gasteiger partial charge is 0.247 e. The van der Waals surface area contributed by atoms with Crippen LogP contribution in [0.3, 0.4) is 0 Å². The average Bonchev–Trinajstić information content (AvgIpc) is 3.38. The molecule has 2 aromatic carbocycles. The molecule has 0 radical (unpaired) electrons. The van der Waals surface area contributed by atoms with Crippen LogP contribution >= 0.6 is 11.3 Å². The van der Waals surface area contributed by atoms with Gasteiger partial charge in [-0.2, -0.15) is 0 Å². The van der Waals surface area contributed by atoms with Crippen LogP contribution in [0.4, 0.5) is 0 Å². The van der Waals surface area contributed by atoms with Crippen molar-refractivity contribution in [1.29, 1.82) is 0 Å². The van der Waals surface area contributed by atoms with Crippen LogP contribution in [0, 0.1) is 0 Å². The first-order chi connectivity index (χ1) is 13.8. The SMILES string of the molecule is O=C(/C=C/c1nc2ccccc2s1)N1CCC[C@H]1c1ccc2c(c1)OCCO2. The third-order valence-electron chi connectivity index (χ3n) is 5.17. The molecule has 5 nitrogen and oxygen atoms in total. The number of likely N-dealkylation sites (tertiary alicyclic amines) is 1. The third-order valence-corrected chi connectivity index (χ3v) is 6.17. The first kappa shape index (κ1) is 17.3. The number of aromatic nitrogens is 1. The van der Waals surface area contributed by atoms with Crippen molar-refractivity contribution in [3.05, 3.63) is 59.1 Å². The number of amides is 1. The minimum absolute atomic E-state index is 0.0247. The summed E-state index contributed by atoms with van der Waals surface area (Å²) < 4.78 is 12.4. The number of hydrogen-bond donors (Lipinski definition) is 0. The molecule has 2 aliphatic heterocycles. The molecule has 0 saturated carbocycles. The number of benzene rings is 2. The van der Waals surface area contributed by atoms with Gasteiger partial charge >= 0.3 is 0 Å². The first-order valence-corrected chi connectivity index (χ1v) is 10.3. The molecule has 1 atom stereocenters. The number of hydrogen-bond acceptors (Lipinski definition) is 5. The third kappa shape index (κ3) is 3.24. The van der Waals surface area contributed by atoms with Gasteiger partial charge in [0.25, 0.3) is 0 Å². The molecule has 0 N–H and O–H groups in total. The molecule has 1 fully saturated rings. The van der Waals surface area contributed by atoms with Crippen LogP contribution in [0.15, 0.2) is 48.5 Å². The molecule has 5 rings (SSSR count). The van der Waals surface area contributed by atoms with E-state index in [0.717, 1.165) is 51.7 Å². The molecule has 2 aliphatic rings. The zero-order valence-corrected chi connectivity index (χ0v) is 16.2. The van der Waals surface area contributed by atoms with Gasteiger partial charge in [-0.25, -0.2) is 4.98 Å². The summed E-state index contributed by atoms with van der Waals surface area (Å²) in [6.45, 7) is 1.91. The lowest BCUT2D eigenvalue weighted by atomic mass is 10.0. The van der Waals surface area contributed by atoms with Crippen molar-refractivity contribution in [3.8, 4) is 11.5 Å². The number of thiazole rings is 1. The number of nitrogens with zero attached hydrogens (tertiary/aromatic N) is 2. The Morgan fingerprint density at radius 2 is 2.00 bits per heavy atom. The highest BCUT2D eigenvalue weighted by Crippen LogP contribution is 2.38. The Morgan fingerprint density at radius 3 is 2.89 bits per heavy atom. The predicted molar refractivity (Wildman–Crippen MR) is 110 cm³/mol. The van der Waals surface area contributed by atoms with Crippen LogP contribution in [0.2, 0.25) is 0 Å². The lowest BCUT2D eigenvalue weighted by Gasteiger charge is -2.26. The minimum Gasteiger partial charge on any atom is -0.486 e. The molecule has 0 spiro atoms. The van der Waals surface area contributed by atoms with Crippen LogP contribution in [-0.2, 0) is 4.79 Å². The van der Waals surface area contributed by atoms with Gasteiger partial charge in [-0.15, -0.1) is 11.3 Å². The summed E-state index contributed by atoms with van der Waals surface area (Å²) in [6.07, 6.45) is 5.43. The van der Waals surface area contributed by atoms with Gasteiger partial charge in [0.15, 0.2) is 11.5 Å². The molecule has 0 bridgehead atoms. The highest BCUT2D eigenvalue weighted by atomic mass is 32.1. The molecule has 6 heteroatoms. The van der Waals surface area contributed by atoms with Crippen molar-refractivity contribution < 1.29 is 14.3 Å². The lowest BCUT2D eigenvalue weighted by Crippen LogP contribution is -2.29. The Bertz CT molecular complexity index is 1030. The first-order valence-electron chi connectivity index (χ1n) is 9.52. The minimum atomic E-state index is 0.0247. The van der Waals surface area contributed by atoms with E-state index in [0.29, 0.717) is 13.2 Å². The Hall–Kier alpha value is -2.86. The second-order valence-corrected chi connectivity index (χ2v) is 8.01. The summed E-state index contributed by atoms with van der Waals surface area (Å²) in [5, 5.41) is 0.852. The van der Waals surface area contributed by atoms with Crippen LogP contribution in [-0.4, -0.2) is 35.5 Å². The molecule has 1 saturated heterocycles. The van der Waals surface area contributed by atoms with E-state index in [9.17, 15) is 4.79 Å². The zero-order chi connectivity index (χ0) is 18.9. The molecular weight excluding hydrogens is 372 g/mol. The molecule has 1 amide bonds. The zero-order valence-electron chi connectivity index (χ0n) is 15.3. The van der Waals surface area contributed by atoms with Crippen LogP contribution < -0.4 is 9.47 Å². The summed E-state index contributed by atoms with van der Waals surface area (Å²) in [6, 6.07) is 14.1. The van der Waals surface area contributed by atoms with Crippen LogP contribution in [0.5, 0.6) is 11.5 Å². The molecule has 3 aromatic rings. The summed E-state index contributed by atoms with van der Waals surface area (Å²) >= 11 is 1.60. The van der Waals surface area contributed by atoms with Gasteiger partial charge in [-0.3, -0.25) is 4.79 Å². The van der Waals surface area contributed by atoms with E-state index in [2.05, 4.69) is 4.98 Å². The number of rotatable bonds is 3. The predicted octanol–water partition coefficient (Wildman–Crippen LogP) is 4.44. The van der Waals surface area contributed by atoms with Gasteiger partial charge in [0.05, 0.1) is 16.3 Å². The quantitative estimate of drug-likeness (QED) is 0.618. The van der Waals surface area contributed by atoms with Crippen molar-refractivity contribution in [3.63, 3.8) is 0 Å². The summed E-state index contributed by atoms with van der Waals surface area (Å²) in [4.78, 5) is 19.4. The number of carbonyl (C=O) groups excluding carboxylic acids is 1. The normalized spacial score (nSPS) is 18.9. The standard InChI is InChI=1S/C22H20N2O3S/c25-22(10-9-21-23-16-4-1-2-6-20(16)28-21)24-11-3-5-17(24)15-7-8-18-19(14-15)27-13-12-26-18/h1-2,4,6-10,14,17H,3,5,11-13H2/b10-9+/t17-/m0/s1. The topological polar surface area (TPSA) is 51.7 Å². The Kier molecular flexibility index (Phi) is 4.49. The number of para-hydroxylation sites is 1. The Morgan fingerprint density at radius 1 is 1.14 bits per heavy atom. The molecule has 3 heterocycles.